The third-order valence-corrected chi connectivity index (χ3v) is 4.34. The Bertz CT molecular complexity index is 537. The van der Waals surface area contributed by atoms with Crippen molar-refractivity contribution >= 4 is 29.0 Å². The van der Waals surface area contributed by atoms with E-state index in [1.54, 1.807) is 6.07 Å². The zero-order valence-corrected chi connectivity index (χ0v) is 13.7. The molecule has 2 heterocycles. The lowest BCUT2D eigenvalue weighted by molar-refractivity contribution is 0.211. The predicted molar refractivity (Wildman–Crippen MR) is 90.4 cm³/mol. The highest BCUT2D eigenvalue weighted by atomic mass is 35.5. The molecule has 0 saturated carbocycles. The molecule has 1 saturated heterocycles. The molecule has 0 aliphatic carbocycles. The van der Waals surface area contributed by atoms with Crippen LogP contribution in [0.4, 0.5) is 5.82 Å². The van der Waals surface area contributed by atoms with Crippen LogP contribution < -0.4 is 5.32 Å². The van der Waals surface area contributed by atoms with Gasteiger partial charge in [0.2, 0.25) is 0 Å². The van der Waals surface area contributed by atoms with Gasteiger partial charge in [0.1, 0.15) is 5.82 Å². The Morgan fingerprint density at radius 3 is 2.36 bits per heavy atom. The van der Waals surface area contributed by atoms with E-state index < -0.39 is 0 Å². The van der Waals surface area contributed by atoms with Crippen LogP contribution in [0, 0.1) is 0 Å². The molecule has 0 spiro atoms. The van der Waals surface area contributed by atoms with Gasteiger partial charge in [0.05, 0.1) is 0 Å². The summed E-state index contributed by atoms with van der Waals surface area (Å²) in [4.78, 5) is 2.47. The normalized spacial score (nSPS) is 16.6. The molecule has 22 heavy (non-hydrogen) atoms. The van der Waals surface area contributed by atoms with Gasteiger partial charge in [-0.25, -0.2) is 0 Å². The van der Waals surface area contributed by atoms with E-state index in [0.29, 0.717) is 11.2 Å². The Hall–Kier alpha value is -1.36. The van der Waals surface area contributed by atoms with Crippen LogP contribution >= 0.6 is 23.2 Å². The number of nitrogens with zero attached hydrogens (tertiary/aromatic N) is 3. The van der Waals surface area contributed by atoms with Gasteiger partial charge in [0.25, 0.3) is 0 Å². The summed E-state index contributed by atoms with van der Waals surface area (Å²) in [5, 5.41) is 12.5. The Kier molecular flexibility index (Phi) is 5.13. The number of anilines is 1. The fourth-order valence-electron chi connectivity index (χ4n) is 2.69. The predicted octanol–water partition coefficient (Wildman–Crippen LogP) is 3.86. The van der Waals surface area contributed by atoms with Gasteiger partial charge in [0.15, 0.2) is 5.15 Å². The molecule has 1 aliphatic rings. The summed E-state index contributed by atoms with van der Waals surface area (Å²) in [5.41, 5.74) is 1.30. The van der Waals surface area contributed by atoms with Gasteiger partial charge >= 0.3 is 0 Å². The second kappa shape index (κ2) is 7.27. The van der Waals surface area contributed by atoms with Gasteiger partial charge in [-0.2, -0.15) is 0 Å². The first-order valence-electron chi connectivity index (χ1n) is 7.41. The van der Waals surface area contributed by atoms with Crippen LogP contribution in [0.3, 0.4) is 0 Å². The van der Waals surface area contributed by atoms with Gasteiger partial charge in [-0.3, -0.25) is 4.90 Å². The van der Waals surface area contributed by atoms with Crippen molar-refractivity contribution in [2.45, 2.75) is 25.4 Å². The topological polar surface area (TPSA) is 41.0 Å². The van der Waals surface area contributed by atoms with Crippen LogP contribution in [0.15, 0.2) is 36.4 Å². The zero-order chi connectivity index (χ0) is 15.4. The SMILES string of the molecule is Clc1ccc(CN2CCC(Nc3ccc(Cl)nn3)CC2)cc1. The summed E-state index contributed by atoms with van der Waals surface area (Å²) < 4.78 is 0. The first-order valence-corrected chi connectivity index (χ1v) is 8.17. The first-order chi connectivity index (χ1) is 10.7. The maximum atomic E-state index is 5.92. The molecule has 0 atom stereocenters. The van der Waals surface area contributed by atoms with E-state index in [2.05, 4.69) is 32.5 Å². The molecule has 1 aromatic heterocycles. The maximum absolute atomic E-state index is 5.92. The van der Waals surface area contributed by atoms with Crippen molar-refractivity contribution < 1.29 is 0 Å². The van der Waals surface area contributed by atoms with E-state index in [1.165, 1.54) is 5.56 Å². The second-order valence-corrected chi connectivity index (χ2v) is 6.39. The van der Waals surface area contributed by atoms with Gasteiger partial charge in [-0.05, 0) is 42.7 Å². The minimum absolute atomic E-state index is 0.420. The summed E-state index contributed by atoms with van der Waals surface area (Å²) in [6.45, 7) is 3.12. The molecule has 1 aliphatic heterocycles. The van der Waals surface area contributed by atoms with E-state index in [-0.39, 0.29) is 0 Å². The second-order valence-electron chi connectivity index (χ2n) is 5.56. The number of hydrogen-bond acceptors (Lipinski definition) is 4. The van der Waals surface area contributed by atoms with Crippen LogP contribution in [-0.4, -0.2) is 34.2 Å². The fourth-order valence-corrected chi connectivity index (χ4v) is 2.91. The van der Waals surface area contributed by atoms with Crippen molar-refractivity contribution in [3.05, 3.63) is 52.1 Å². The zero-order valence-electron chi connectivity index (χ0n) is 12.2. The maximum Gasteiger partial charge on any atom is 0.151 e. The lowest BCUT2D eigenvalue weighted by atomic mass is 10.0. The third-order valence-electron chi connectivity index (χ3n) is 3.89. The number of hydrogen-bond donors (Lipinski definition) is 1. The number of benzene rings is 1. The molecule has 3 rings (SSSR count). The Morgan fingerprint density at radius 2 is 1.73 bits per heavy atom. The molecule has 0 radical (unpaired) electrons. The molecule has 2 aromatic rings. The summed E-state index contributed by atoms with van der Waals surface area (Å²) >= 11 is 11.7. The highest BCUT2D eigenvalue weighted by molar-refractivity contribution is 6.30. The summed E-state index contributed by atoms with van der Waals surface area (Å²) in [5.74, 6) is 0.792. The molecule has 116 valence electrons. The molecule has 0 unspecified atom stereocenters. The monoisotopic (exact) mass is 336 g/mol. The van der Waals surface area contributed by atoms with Crippen LogP contribution in [0.1, 0.15) is 18.4 Å². The van der Waals surface area contributed by atoms with Crippen LogP contribution in [-0.2, 0) is 6.54 Å². The van der Waals surface area contributed by atoms with Crippen molar-refractivity contribution in [3.63, 3.8) is 0 Å². The molecular weight excluding hydrogens is 319 g/mol. The summed E-state index contributed by atoms with van der Waals surface area (Å²) in [6.07, 6.45) is 2.19. The number of piperidine rings is 1. The molecule has 1 N–H and O–H groups in total. The average molecular weight is 337 g/mol. The smallest absolute Gasteiger partial charge is 0.151 e. The average Bonchev–Trinajstić information content (AvgIpc) is 2.54. The van der Waals surface area contributed by atoms with Crippen LogP contribution in [0.2, 0.25) is 10.2 Å². The molecule has 4 nitrogen and oxygen atoms in total. The fraction of sp³-hybridized carbons (Fsp3) is 0.375. The lowest BCUT2D eigenvalue weighted by Crippen LogP contribution is -2.38. The minimum atomic E-state index is 0.420. The van der Waals surface area contributed by atoms with Crippen LogP contribution in [0.5, 0.6) is 0 Å². The van der Waals surface area contributed by atoms with E-state index in [1.807, 2.05) is 18.2 Å². The summed E-state index contributed by atoms with van der Waals surface area (Å²) in [6, 6.07) is 12.2. The number of halogens is 2. The minimum Gasteiger partial charge on any atom is -0.366 e. The molecule has 0 amide bonds. The van der Waals surface area contributed by atoms with E-state index in [0.717, 1.165) is 43.3 Å². The Balaban J connectivity index is 1.47. The summed E-state index contributed by atoms with van der Waals surface area (Å²) in [7, 11) is 0. The molecule has 0 bridgehead atoms. The highest BCUT2D eigenvalue weighted by Crippen LogP contribution is 2.18. The van der Waals surface area contributed by atoms with E-state index in [4.69, 9.17) is 23.2 Å². The van der Waals surface area contributed by atoms with Gasteiger partial charge in [-0.15, -0.1) is 10.2 Å². The molecule has 1 aromatic carbocycles. The Morgan fingerprint density at radius 1 is 1.00 bits per heavy atom. The number of nitrogens with one attached hydrogen (secondary N) is 1. The van der Waals surface area contributed by atoms with Crippen molar-refractivity contribution in [2.75, 3.05) is 18.4 Å². The quantitative estimate of drug-likeness (QED) is 0.920. The molecule has 6 heteroatoms. The van der Waals surface area contributed by atoms with E-state index >= 15 is 0 Å². The first kappa shape index (κ1) is 15.5. The largest absolute Gasteiger partial charge is 0.366 e. The van der Waals surface area contributed by atoms with E-state index in [9.17, 15) is 0 Å². The van der Waals surface area contributed by atoms with Crippen molar-refractivity contribution in [1.29, 1.82) is 0 Å². The standard InChI is InChI=1S/C16H18Cl2N4/c17-13-3-1-12(2-4-13)11-22-9-7-14(8-10-22)19-16-6-5-15(18)20-21-16/h1-6,14H,7-11H2,(H,19,21). The Labute approximate surface area is 140 Å². The molecular formula is C16H18Cl2N4. The van der Waals surface area contributed by atoms with Crippen molar-refractivity contribution in [1.82, 2.24) is 15.1 Å². The highest BCUT2D eigenvalue weighted by Gasteiger charge is 2.19. The number of aromatic nitrogens is 2. The molecule has 1 fully saturated rings. The third kappa shape index (κ3) is 4.32. The lowest BCUT2D eigenvalue weighted by Gasteiger charge is -2.32. The number of likely N-dealkylation sites (tertiary alicyclic amines) is 1. The van der Waals surface area contributed by atoms with Gasteiger partial charge < -0.3 is 5.32 Å². The van der Waals surface area contributed by atoms with Gasteiger partial charge in [0, 0.05) is 30.7 Å². The van der Waals surface area contributed by atoms with Crippen molar-refractivity contribution in [3.8, 4) is 0 Å². The number of rotatable bonds is 4. The van der Waals surface area contributed by atoms with Gasteiger partial charge in [-0.1, -0.05) is 35.3 Å². The van der Waals surface area contributed by atoms with Crippen LogP contribution in [0.25, 0.3) is 0 Å². The van der Waals surface area contributed by atoms with Crippen molar-refractivity contribution in [2.24, 2.45) is 0 Å².